The number of fused-ring (bicyclic) bond motifs is 2. The second-order valence-electron chi connectivity index (χ2n) is 13.0. The summed E-state index contributed by atoms with van der Waals surface area (Å²) in [6, 6.07) is 32.3. The van der Waals surface area contributed by atoms with Gasteiger partial charge in [0.2, 0.25) is 25.8 Å². The summed E-state index contributed by atoms with van der Waals surface area (Å²) in [5, 5.41) is 32.1. The van der Waals surface area contributed by atoms with Crippen LogP contribution in [0.1, 0.15) is 49.7 Å². The molecule has 52 heavy (non-hydrogen) atoms. The van der Waals surface area contributed by atoms with E-state index in [1.807, 2.05) is 78.9 Å². The Morgan fingerprint density at radius 3 is 1.92 bits per heavy atom. The van der Waals surface area contributed by atoms with Crippen LogP contribution in [0, 0.1) is 0 Å². The maximum Gasteiger partial charge on any atom is 0.258 e. The number of aromatic hydroxyl groups is 3. The van der Waals surface area contributed by atoms with Crippen molar-refractivity contribution < 1.29 is 36.9 Å². The van der Waals surface area contributed by atoms with Crippen molar-refractivity contribution in [2.75, 3.05) is 19.6 Å². The molecule has 2 aliphatic heterocycles. The van der Waals surface area contributed by atoms with Crippen LogP contribution in [-0.2, 0) is 46.0 Å². The van der Waals surface area contributed by atoms with Crippen LogP contribution in [0.15, 0.2) is 119 Å². The van der Waals surface area contributed by atoms with E-state index >= 15 is 0 Å². The van der Waals surface area contributed by atoms with Gasteiger partial charge in [0.15, 0.2) is 11.5 Å². The van der Waals surface area contributed by atoms with E-state index in [0.717, 1.165) is 38.2 Å². The number of carbonyl (C=O) groups excluding carboxylic acids is 1. The second-order valence-corrected chi connectivity index (χ2v) is 16.6. The Kier molecular flexibility index (Phi) is 9.53. The Balaban J connectivity index is 1.12. The average Bonchev–Trinajstić information content (AvgIpc) is 3.17. The average molecular weight is 740 g/mol. The highest BCUT2D eigenvalue weighted by Gasteiger charge is 2.36. The maximum absolute atomic E-state index is 13.9. The van der Waals surface area contributed by atoms with E-state index in [1.54, 1.807) is 12.1 Å². The first-order valence-corrected chi connectivity index (χ1v) is 19.7. The predicted molar refractivity (Wildman–Crippen MR) is 194 cm³/mol. The minimum absolute atomic E-state index is 0.0158. The fourth-order valence-electron chi connectivity index (χ4n) is 6.92. The Bertz CT molecular complexity index is 2330. The summed E-state index contributed by atoms with van der Waals surface area (Å²) in [6.45, 7) is 0.395. The highest BCUT2D eigenvalue weighted by Crippen LogP contribution is 2.44. The number of amides is 1. The number of benzene rings is 5. The van der Waals surface area contributed by atoms with Crippen LogP contribution in [-0.4, -0.2) is 66.9 Å². The molecule has 0 radical (unpaired) electrons. The first-order valence-electron chi connectivity index (χ1n) is 16.8. The predicted octanol–water partition coefficient (Wildman–Crippen LogP) is 4.86. The second kappa shape index (κ2) is 14.1. The van der Waals surface area contributed by atoms with Gasteiger partial charge in [0.05, 0.1) is 10.5 Å². The van der Waals surface area contributed by atoms with Crippen LogP contribution in [0.2, 0.25) is 0 Å². The van der Waals surface area contributed by atoms with Crippen LogP contribution in [0.4, 0.5) is 0 Å². The Hall–Kier alpha value is -5.21. The number of phenols is 3. The Morgan fingerprint density at radius 2 is 1.25 bits per heavy atom. The van der Waals surface area contributed by atoms with Crippen molar-refractivity contribution in [2.45, 2.75) is 41.6 Å². The lowest BCUT2D eigenvalue weighted by Crippen LogP contribution is -2.37. The van der Waals surface area contributed by atoms with Gasteiger partial charge in [-0.05, 0) is 64.4 Å². The first-order chi connectivity index (χ1) is 24.9. The number of nitrogens with one attached hydrogen (secondary N) is 1. The molecule has 5 aromatic rings. The van der Waals surface area contributed by atoms with Gasteiger partial charge in [0.1, 0.15) is 4.90 Å². The van der Waals surface area contributed by atoms with Crippen molar-refractivity contribution in [3.8, 4) is 17.2 Å². The smallest absolute Gasteiger partial charge is 0.258 e. The third-order valence-electron chi connectivity index (χ3n) is 9.83. The molecule has 11 nitrogen and oxygen atoms in total. The molecule has 0 saturated heterocycles. The molecule has 0 spiro atoms. The third-order valence-corrected chi connectivity index (χ3v) is 13.1. The molecular weight excluding hydrogens is 703 g/mol. The molecule has 4 N–H and O–H groups in total. The molecule has 0 aliphatic carbocycles. The number of sulfonamides is 2. The molecule has 5 aromatic carbocycles. The van der Waals surface area contributed by atoms with E-state index in [0.29, 0.717) is 18.4 Å². The van der Waals surface area contributed by atoms with Crippen molar-refractivity contribution in [1.82, 2.24) is 13.9 Å². The van der Waals surface area contributed by atoms with Gasteiger partial charge in [-0.15, -0.1) is 0 Å². The zero-order chi connectivity index (χ0) is 36.6. The van der Waals surface area contributed by atoms with E-state index in [-0.39, 0.29) is 43.5 Å². The van der Waals surface area contributed by atoms with Crippen LogP contribution >= 0.6 is 0 Å². The first kappa shape index (κ1) is 35.2. The molecule has 2 aliphatic rings. The van der Waals surface area contributed by atoms with E-state index in [9.17, 15) is 36.9 Å². The lowest BCUT2D eigenvalue weighted by Gasteiger charge is -2.30. The zero-order valence-electron chi connectivity index (χ0n) is 28.0. The van der Waals surface area contributed by atoms with E-state index < -0.39 is 53.7 Å². The molecule has 13 heteroatoms. The molecule has 0 fully saturated rings. The van der Waals surface area contributed by atoms with Crippen molar-refractivity contribution >= 4 is 26.0 Å². The Labute approximate surface area is 302 Å². The molecule has 0 aromatic heterocycles. The highest BCUT2D eigenvalue weighted by molar-refractivity contribution is 7.89. The van der Waals surface area contributed by atoms with Crippen molar-refractivity contribution in [3.63, 3.8) is 0 Å². The standard InChI is InChI=1S/C39H37N3O8S2/c43-36-33(22-35(37(44)38(36)45)52(49,50)42-20-18-26-9-7-8-14-30(26)25-42)39(46)41-19-17-27-15-16-32(21-31(27)24-41)51(47,48)40-23-34(28-10-3-1-4-11-28)29-12-5-2-6-13-29/h1-16,21-22,34,40,43-45H,17-20,23-25H2. The zero-order valence-corrected chi connectivity index (χ0v) is 29.6. The van der Waals surface area contributed by atoms with E-state index in [1.165, 1.54) is 17.0 Å². The van der Waals surface area contributed by atoms with Crippen molar-refractivity contribution in [2.24, 2.45) is 0 Å². The number of hydrogen-bond donors (Lipinski definition) is 4. The monoisotopic (exact) mass is 739 g/mol. The van der Waals surface area contributed by atoms with Crippen LogP contribution in [0.25, 0.3) is 0 Å². The largest absolute Gasteiger partial charge is 0.504 e. The summed E-state index contributed by atoms with van der Waals surface area (Å²) in [5.74, 6) is -4.16. The summed E-state index contributed by atoms with van der Waals surface area (Å²) in [5.41, 5.74) is 4.60. The number of phenolic OH excluding ortho intramolecular Hbond substituents is 3. The normalized spacial score (nSPS) is 14.9. The molecule has 268 valence electrons. The van der Waals surface area contributed by atoms with Crippen molar-refractivity contribution in [1.29, 1.82) is 0 Å². The molecular formula is C39H37N3O8S2. The van der Waals surface area contributed by atoms with Gasteiger partial charge in [-0.25, -0.2) is 21.6 Å². The summed E-state index contributed by atoms with van der Waals surface area (Å²) in [4.78, 5) is 14.5. The maximum atomic E-state index is 13.9. The molecule has 1 amide bonds. The lowest BCUT2D eigenvalue weighted by molar-refractivity contribution is 0.0730. The minimum atomic E-state index is -4.41. The molecule has 0 saturated carbocycles. The topological polar surface area (TPSA) is 165 Å². The van der Waals surface area contributed by atoms with Crippen LogP contribution < -0.4 is 4.72 Å². The summed E-state index contributed by atoms with van der Waals surface area (Å²) in [7, 11) is -8.40. The quantitative estimate of drug-likeness (QED) is 0.156. The Morgan fingerprint density at radius 1 is 0.654 bits per heavy atom. The van der Waals surface area contributed by atoms with Crippen LogP contribution in [0.3, 0.4) is 0 Å². The van der Waals surface area contributed by atoms with Crippen molar-refractivity contribution in [3.05, 3.63) is 148 Å². The number of carbonyl (C=O) groups is 1. The molecule has 0 atom stereocenters. The number of nitrogens with zero attached hydrogens (tertiary/aromatic N) is 2. The fraction of sp³-hybridized carbons (Fsp3) is 0.205. The molecule has 2 heterocycles. The van der Waals surface area contributed by atoms with Gasteiger partial charge < -0.3 is 20.2 Å². The highest BCUT2D eigenvalue weighted by atomic mass is 32.2. The van der Waals surface area contributed by atoms with E-state index in [2.05, 4.69) is 4.72 Å². The molecule has 0 unspecified atom stereocenters. The lowest BCUT2D eigenvalue weighted by atomic mass is 9.92. The molecule has 0 bridgehead atoms. The number of hydrogen-bond acceptors (Lipinski definition) is 8. The van der Waals surface area contributed by atoms with E-state index in [4.69, 9.17) is 0 Å². The van der Waals surface area contributed by atoms with Gasteiger partial charge in [-0.3, -0.25) is 4.79 Å². The fourth-order valence-corrected chi connectivity index (χ4v) is 9.54. The summed E-state index contributed by atoms with van der Waals surface area (Å²) >= 11 is 0. The SMILES string of the molecule is O=C(c1cc(S(=O)(=O)N2CCc3ccccc3C2)c(O)c(O)c1O)N1CCc2ccc(S(=O)(=O)NCC(c3ccccc3)c3ccccc3)cc2C1. The minimum Gasteiger partial charge on any atom is -0.504 e. The summed E-state index contributed by atoms with van der Waals surface area (Å²) in [6.07, 6.45) is 0.801. The van der Waals surface area contributed by atoms with Gasteiger partial charge in [-0.1, -0.05) is 91.0 Å². The van der Waals surface area contributed by atoms with Gasteiger partial charge in [0, 0.05) is 38.6 Å². The molecule has 7 rings (SSSR count). The number of rotatable bonds is 9. The van der Waals surface area contributed by atoms with Gasteiger partial charge in [-0.2, -0.15) is 4.31 Å². The van der Waals surface area contributed by atoms with Gasteiger partial charge >= 0.3 is 0 Å². The van der Waals surface area contributed by atoms with Gasteiger partial charge in [0.25, 0.3) is 5.91 Å². The summed E-state index contributed by atoms with van der Waals surface area (Å²) < 4.78 is 58.7. The van der Waals surface area contributed by atoms with Crippen LogP contribution in [0.5, 0.6) is 17.2 Å². The third kappa shape index (κ3) is 6.75.